The van der Waals surface area contributed by atoms with Crippen molar-refractivity contribution >= 4 is 50.6 Å². The van der Waals surface area contributed by atoms with E-state index in [1.54, 1.807) is 0 Å². The van der Waals surface area contributed by atoms with Crippen LogP contribution in [0, 0.1) is 0 Å². The van der Waals surface area contributed by atoms with Crippen molar-refractivity contribution in [1.29, 1.82) is 0 Å². The van der Waals surface area contributed by atoms with E-state index in [4.69, 9.17) is 9.72 Å². The van der Waals surface area contributed by atoms with Gasteiger partial charge in [-0.3, -0.25) is 4.57 Å². The van der Waals surface area contributed by atoms with E-state index in [0.717, 1.165) is 83.9 Å². The van der Waals surface area contributed by atoms with Crippen molar-refractivity contribution in [2.75, 3.05) is 0 Å². The molecule has 1 aliphatic rings. The minimum Gasteiger partial charge on any atom is -0.457 e. The Labute approximate surface area is 352 Å². The normalized spacial score (nSPS) is 12.9. The molecule has 9 aromatic rings. The topological polar surface area (TPSA) is 33.1 Å². The van der Waals surface area contributed by atoms with Crippen LogP contribution >= 0.6 is 0 Å². The molecule has 290 valence electrons. The molecule has 7 aromatic carbocycles. The Morgan fingerprint density at radius 3 is 1.97 bits per heavy atom. The molecule has 0 fully saturated rings. The quantitative estimate of drug-likeness (QED) is 0.144. The van der Waals surface area contributed by atoms with Crippen molar-refractivity contribution in [3.63, 3.8) is 0 Å². The largest absolute Gasteiger partial charge is 0.503 e. The van der Waals surface area contributed by atoms with Crippen LogP contribution < -0.4 is 13.9 Å². The molecule has 0 radical (unpaired) electrons. The van der Waals surface area contributed by atoms with Crippen LogP contribution in [0.3, 0.4) is 0 Å². The van der Waals surface area contributed by atoms with Crippen LogP contribution in [0.25, 0.3) is 49.9 Å². The highest BCUT2D eigenvalue weighted by molar-refractivity contribution is 6.09. The van der Waals surface area contributed by atoms with Gasteiger partial charge in [-0.25, -0.2) is 4.98 Å². The van der Waals surface area contributed by atoms with Gasteiger partial charge in [0.25, 0.3) is 5.69 Å². The fourth-order valence-electron chi connectivity index (χ4n) is 8.49. The van der Waals surface area contributed by atoms with Gasteiger partial charge in [0.2, 0.25) is 11.4 Å². The van der Waals surface area contributed by atoms with Gasteiger partial charge in [-0.05, 0) is 85.7 Å². The average Bonchev–Trinajstić information content (AvgIpc) is 3.82. The fraction of sp³-hybridized carbons (Fsp3) is 0.127. The fourth-order valence-corrected chi connectivity index (χ4v) is 8.49. The second-order valence-corrected chi connectivity index (χ2v) is 16.7. The summed E-state index contributed by atoms with van der Waals surface area (Å²) in [4.78, 5) is 4.87. The maximum Gasteiger partial charge on any atom is 0.503 e. The second-order valence-electron chi connectivity index (χ2n) is 16.7. The van der Waals surface area contributed by atoms with E-state index < -0.39 is 5.89 Å². The Kier molecular flexibility index (Phi) is 8.83. The minimum absolute atomic E-state index is 0.0219. The molecule has 0 saturated heterocycles. The summed E-state index contributed by atoms with van der Waals surface area (Å²) in [6.07, 6.45) is 1.91. The summed E-state index contributed by atoms with van der Waals surface area (Å²) in [7, 11) is 0. The Morgan fingerprint density at radius 1 is 0.600 bits per heavy atom. The highest BCUT2D eigenvalue weighted by Crippen LogP contribution is 2.47. The molecule has 0 spiro atoms. The second kappa shape index (κ2) is 14.8. The summed E-state index contributed by atoms with van der Waals surface area (Å²) in [5.41, 5.74) is 12.3. The first-order valence-corrected chi connectivity index (χ1v) is 20.5. The number of ether oxygens (including phenoxy) is 1. The molecule has 60 heavy (non-hydrogen) atoms. The number of benzene rings is 7. The lowest BCUT2D eigenvalue weighted by molar-refractivity contribution is 0.483. The Morgan fingerprint density at radius 2 is 1.25 bits per heavy atom. The monoisotopic (exact) mass is 779 g/mol. The molecule has 1 aliphatic heterocycles. The van der Waals surface area contributed by atoms with Crippen LogP contribution in [-0.4, -0.2) is 15.6 Å². The van der Waals surface area contributed by atoms with Gasteiger partial charge in [-0.15, -0.1) is 0 Å². The standard InChI is InChI=1S/C55H46N4O/c1-37(2)44-24-16-28-50-54(44)58(53-45(38-17-8-6-9-18-38)25-15-26-46(53)39-19-10-7-11-20-39)36-57(50)41-21-14-22-42(34-41)60-43-29-30-48-47-23-12-13-27-49(47)59(51(48)35-43)52-33-40(31-32-56-52)55(3,4)5/h6-35,37H,1-5H3/q+2/i37D. The Balaban J connectivity index is 1.13. The summed E-state index contributed by atoms with van der Waals surface area (Å²) in [5.74, 6) is 1.40. The average molecular weight is 780 g/mol. The lowest BCUT2D eigenvalue weighted by atomic mass is 9.88. The van der Waals surface area contributed by atoms with Gasteiger partial charge in [-0.1, -0.05) is 138 Å². The van der Waals surface area contributed by atoms with Crippen molar-refractivity contribution in [2.24, 2.45) is 0 Å². The number of aromatic nitrogens is 2. The van der Waals surface area contributed by atoms with E-state index in [1.165, 1.54) is 5.56 Å². The smallest absolute Gasteiger partial charge is 0.457 e. The SMILES string of the molecule is [2H]C(C)(C)c1cccc2c1[N+](c1c(-c3ccccc3)cccc1-c1ccccc1)=C=[N+]2c1cccc(Oc2ccc3c4ccccc4n(-c4cc(C(C)(C)C)ccn4)c3c2)c1. The third-order valence-corrected chi connectivity index (χ3v) is 11.4. The van der Waals surface area contributed by atoms with Gasteiger partial charge in [0.15, 0.2) is 0 Å². The lowest BCUT2D eigenvalue weighted by Gasteiger charge is -2.20. The first kappa shape index (κ1) is 35.8. The number of rotatable bonds is 8. The van der Waals surface area contributed by atoms with Crippen LogP contribution in [-0.2, 0) is 5.41 Å². The van der Waals surface area contributed by atoms with Gasteiger partial charge in [0.1, 0.15) is 17.3 Å². The van der Waals surface area contributed by atoms with Gasteiger partial charge >= 0.3 is 11.7 Å². The molecule has 0 aliphatic carbocycles. The molecule has 0 atom stereocenters. The van der Waals surface area contributed by atoms with Gasteiger partial charge in [0.05, 0.1) is 28.2 Å². The Hall–Kier alpha value is -7.33. The Bertz CT molecular complexity index is 3160. The zero-order chi connectivity index (χ0) is 41.9. The van der Waals surface area contributed by atoms with Gasteiger partial charge < -0.3 is 4.74 Å². The lowest BCUT2D eigenvalue weighted by Crippen LogP contribution is -2.12. The zero-order valence-electron chi connectivity index (χ0n) is 35.5. The molecule has 2 aromatic heterocycles. The van der Waals surface area contributed by atoms with E-state index in [2.05, 4.69) is 180 Å². The highest BCUT2D eigenvalue weighted by atomic mass is 16.5. The van der Waals surface area contributed by atoms with E-state index in [0.29, 0.717) is 5.75 Å². The molecule has 5 nitrogen and oxygen atoms in total. The first-order valence-electron chi connectivity index (χ1n) is 21.0. The highest BCUT2D eigenvalue weighted by Gasteiger charge is 2.42. The van der Waals surface area contributed by atoms with E-state index in [1.807, 2.05) is 56.4 Å². The summed E-state index contributed by atoms with van der Waals surface area (Å²) in [6.45, 7) is 10.6. The van der Waals surface area contributed by atoms with Crippen LogP contribution in [0.15, 0.2) is 182 Å². The maximum atomic E-state index is 9.36. The van der Waals surface area contributed by atoms with Crippen molar-refractivity contribution in [1.82, 2.24) is 18.7 Å². The zero-order valence-corrected chi connectivity index (χ0v) is 34.5. The van der Waals surface area contributed by atoms with Gasteiger partial charge in [-0.2, -0.15) is 0 Å². The van der Waals surface area contributed by atoms with Crippen LogP contribution in [0.2, 0.25) is 0 Å². The van der Waals surface area contributed by atoms with Crippen LogP contribution in [0.1, 0.15) is 53.0 Å². The van der Waals surface area contributed by atoms with Crippen molar-refractivity contribution in [2.45, 2.75) is 45.9 Å². The van der Waals surface area contributed by atoms with Crippen molar-refractivity contribution < 1.29 is 6.11 Å². The van der Waals surface area contributed by atoms with Crippen LogP contribution in [0.4, 0.5) is 22.7 Å². The molecule has 0 unspecified atom stereocenters. The van der Waals surface area contributed by atoms with Crippen molar-refractivity contribution in [3.8, 4) is 39.6 Å². The number of hydrogen-bond donors (Lipinski definition) is 0. The summed E-state index contributed by atoms with van der Waals surface area (Å²) >= 11 is 0. The van der Waals surface area contributed by atoms with Crippen molar-refractivity contribution in [3.05, 3.63) is 193 Å². The molecule has 0 amide bonds. The molecule has 10 rings (SSSR count). The minimum atomic E-state index is -0.897. The molecule has 0 N–H and O–H groups in total. The number of hydrogen-bond acceptors (Lipinski definition) is 2. The predicted molar refractivity (Wildman–Crippen MR) is 250 cm³/mol. The van der Waals surface area contributed by atoms with Crippen LogP contribution in [0.5, 0.6) is 11.5 Å². The third-order valence-electron chi connectivity index (χ3n) is 11.4. The maximum absolute atomic E-state index is 9.36. The summed E-state index contributed by atoms with van der Waals surface area (Å²) in [5, 5.41) is 2.30. The molecular weight excluding hydrogens is 733 g/mol. The molecule has 0 saturated carbocycles. The predicted octanol–water partition coefficient (Wildman–Crippen LogP) is 14.6. The number of para-hydroxylation sites is 3. The molecular formula is C55H46N4O+2. The number of nitrogens with zero attached hydrogens (tertiary/aromatic N) is 4. The summed E-state index contributed by atoms with van der Waals surface area (Å²) < 4.78 is 22.6. The van der Waals surface area contributed by atoms with E-state index in [-0.39, 0.29) is 5.41 Å². The van der Waals surface area contributed by atoms with E-state index in [9.17, 15) is 1.37 Å². The number of pyridine rings is 1. The molecule has 5 heteroatoms. The molecule has 0 bridgehead atoms. The summed E-state index contributed by atoms with van der Waals surface area (Å²) in [6, 6.07) is 64.8. The first-order chi connectivity index (χ1) is 29.5. The number of fused-ring (bicyclic) bond motifs is 4. The van der Waals surface area contributed by atoms with Gasteiger partial charge in [0, 0.05) is 42.1 Å². The van der Waals surface area contributed by atoms with E-state index >= 15 is 0 Å². The molecule has 3 heterocycles. The third kappa shape index (κ3) is 6.50.